The van der Waals surface area contributed by atoms with Crippen LogP contribution < -0.4 is 5.32 Å². The lowest BCUT2D eigenvalue weighted by molar-refractivity contribution is 0.587. The molecule has 6 heteroatoms. The van der Waals surface area contributed by atoms with Crippen LogP contribution in [-0.2, 0) is 6.54 Å². The van der Waals surface area contributed by atoms with Crippen LogP contribution >= 0.6 is 34.5 Å². The van der Waals surface area contributed by atoms with Crippen LogP contribution in [0.15, 0.2) is 17.5 Å². The second-order valence-electron chi connectivity index (χ2n) is 4.41. The molecule has 0 atom stereocenters. The highest BCUT2D eigenvalue weighted by atomic mass is 35.5. The first kappa shape index (κ1) is 14.7. The Labute approximate surface area is 125 Å². The number of nitrogens with one attached hydrogen (secondary N) is 1. The van der Waals surface area contributed by atoms with Crippen molar-refractivity contribution in [1.29, 1.82) is 0 Å². The van der Waals surface area contributed by atoms with Crippen molar-refractivity contribution in [3.8, 4) is 11.3 Å². The van der Waals surface area contributed by atoms with Crippen LogP contribution in [0.4, 0.5) is 4.39 Å². The summed E-state index contributed by atoms with van der Waals surface area (Å²) < 4.78 is 13.5. The van der Waals surface area contributed by atoms with E-state index in [9.17, 15) is 4.39 Å². The number of hydrogen-bond acceptors (Lipinski definition) is 3. The van der Waals surface area contributed by atoms with Gasteiger partial charge >= 0.3 is 0 Å². The van der Waals surface area contributed by atoms with Gasteiger partial charge in [0.1, 0.15) is 10.8 Å². The first-order chi connectivity index (χ1) is 8.97. The van der Waals surface area contributed by atoms with Crippen molar-refractivity contribution in [3.63, 3.8) is 0 Å². The van der Waals surface area contributed by atoms with Crippen LogP contribution in [0.1, 0.15) is 18.9 Å². The Morgan fingerprint density at radius 1 is 1.32 bits per heavy atom. The van der Waals surface area contributed by atoms with Crippen molar-refractivity contribution in [2.24, 2.45) is 0 Å². The van der Waals surface area contributed by atoms with E-state index in [1.807, 2.05) is 5.38 Å². The van der Waals surface area contributed by atoms with E-state index in [0.717, 1.165) is 5.01 Å². The molecule has 1 aromatic heterocycles. The molecule has 0 amide bonds. The average Bonchev–Trinajstić information content (AvgIpc) is 2.80. The molecule has 1 N–H and O–H groups in total. The Morgan fingerprint density at radius 2 is 2.05 bits per heavy atom. The summed E-state index contributed by atoms with van der Waals surface area (Å²) in [5, 5.41) is 6.51. The zero-order chi connectivity index (χ0) is 14.0. The van der Waals surface area contributed by atoms with E-state index in [2.05, 4.69) is 24.1 Å². The van der Waals surface area contributed by atoms with E-state index in [1.54, 1.807) is 0 Å². The van der Waals surface area contributed by atoms with Crippen molar-refractivity contribution in [2.75, 3.05) is 0 Å². The predicted octanol–water partition coefficient (Wildman–Crippen LogP) is 4.75. The molecule has 1 aromatic carbocycles. The number of halogens is 3. The Bertz CT molecular complexity index is 584. The molecule has 0 saturated carbocycles. The first-order valence-corrected chi connectivity index (χ1v) is 7.43. The zero-order valence-electron chi connectivity index (χ0n) is 10.5. The summed E-state index contributed by atoms with van der Waals surface area (Å²) in [6.45, 7) is 4.83. The van der Waals surface area contributed by atoms with Crippen molar-refractivity contribution in [2.45, 2.75) is 26.4 Å². The third-order valence-electron chi connectivity index (χ3n) is 2.50. The number of benzene rings is 1. The summed E-state index contributed by atoms with van der Waals surface area (Å²) in [6.07, 6.45) is 0. The summed E-state index contributed by atoms with van der Waals surface area (Å²) in [6, 6.07) is 3.11. The standard InChI is InChI=1S/C13H13Cl2FN2S/c1-7(2)17-5-13-18-12(6-19-13)8-3-11(16)10(15)4-9(8)14/h3-4,6-7,17H,5H2,1-2H3. The molecule has 102 valence electrons. The SMILES string of the molecule is CC(C)NCc1nc(-c2cc(F)c(Cl)cc2Cl)cs1. The van der Waals surface area contributed by atoms with Gasteiger partial charge in [-0.15, -0.1) is 11.3 Å². The van der Waals surface area contributed by atoms with Crippen molar-refractivity contribution < 1.29 is 4.39 Å². The van der Waals surface area contributed by atoms with Gasteiger partial charge in [-0.25, -0.2) is 9.37 Å². The summed E-state index contributed by atoms with van der Waals surface area (Å²) in [5.74, 6) is -0.490. The van der Waals surface area contributed by atoms with Gasteiger partial charge in [0, 0.05) is 23.5 Å². The van der Waals surface area contributed by atoms with Gasteiger partial charge in [0.2, 0.25) is 0 Å². The van der Waals surface area contributed by atoms with E-state index in [1.165, 1.54) is 23.5 Å². The Morgan fingerprint density at radius 3 is 2.74 bits per heavy atom. The fourth-order valence-electron chi connectivity index (χ4n) is 1.53. The lowest BCUT2D eigenvalue weighted by Crippen LogP contribution is -2.21. The minimum atomic E-state index is -0.490. The minimum absolute atomic E-state index is 0.0191. The third-order valence-corrected chi connectivity index (χ3v) is 3.95. The van der Waals surface area contributed by atoms with Crippen LogP contribution in [-0.4, -0.2) is 11.0 Å². The third kappa shape index (κ3) is 3.66. The molecule has 2 nitrogen and oxygen atoms in total. The second-order valence-corrected chi connectivity index (χ2v) is 6.17. The summed E-state index contributed by atoms with van der Waals surface area (Å²) in [4.78, 5) is 4.45. The topological polar surface area (TPSA) is 24.9 Å². The highest BCUT2D eigenvalue weighted by Crippen LogP contribution is 2.32. The van der Waals surface area contributed by atoms with Gasteiger partial charge in [-0.1, -0.05) is 37.0 Å². The molecule has 0 bridgehead atoms. The molecule has 0 spiro atoms. The zero-order valence-corrected chi connectivity index (χ0v) is 12.8. The van der Waals surface area contributed by atoms with E-state index < -0.39 is 5.82 Å². The smallest absolute Gasteiger partial charge is 0.142 e. The maximum atomic E-state index is 13.5. The first-order valence-electron chi connectivity index (χ1n) is 5.80. The molecule has 0 aliphatic heterocycles. The Kier molecular flexibility index (Phi) is 4.79. The Hall–Kier alpha value is -0.680. The second kappa shape index (κ2) is 6.18. The molecule has 0 aliphatic rings. The fraction of sp³-hybridized carbons (Fsp3) is 0.308. The van der Waals surface area contributed by atoms with Gasteiger partial charge in [-0.05, 0) is 12.1 Å². The quantitative estimate of drug-likeness (QED) is 0.822. The molecule has 2 rings (SSSR count). The van der Waals surface area contributed by atoms with Crippen molar-refractivity contribution in [1.82, 2.24) is 10.3 Å². The van der Waals surface area contributed by atoms with E-state index in [-0.39, 0.29) is 5.02 Å². The van der Waals surface area contributed by atoms with Crippen LogP contribution in [0.3, 0.4) is 0 Å². The van der Waals surface area contributed by atoms with Crippen LogP contribution in [0.5, 0.6) is 0 Å². The molecule has 19 heavy (non-hydrogen) atoms. The average molecular weight is 319 g/mol. The molecular weight excluding hydrogens is 306 g/mol. The number of aromatic nitrogens is 1. The number of thiazole rings is 1. The van der Waals surface area contributed by atoms with Gasteiger partial charge in [0.25, 0.3) is 0 Å². The normalized spacial score (nSPS) is 11.3. The highest BCUT2D eigenvalue weighted by Gasteiger charge is 2.12. The van der Waals surface area contributed by atoms with E-state index in [4.69, 9.17) is 23.2 Å². The molecule has 0 fully saturated rings. The lowest BCUT2D eigenvalue weighted by Gasteiger charge is -2.05. The predicted molar refractivity (Wildman–Crippen MR) is 79.5 cm³/mol. The van der Waals surface area contributed by atoms with Crippen LogP contribution in [0, 0.1) is 5.82 Å². The summed E-state index contributed by atoms with van der Waals surface area (Å²) in [5.41, 5.74) is 1.24. The molecular formula is C13H13Cl2FN2S. The molecule has 0 aliphatic carbocycles. The minimum Gasteiger partial charge on any atom is -0.308 e. The molecule has 1 heterocycles. The number of nitrogens with zero attached hydrogens (tertiary/aromatic N) is 1. The maximum Gasteiger partial charge on any atom is 0.142 e. The van der Waals surface area contributed by atoms with Gasteiger partial charge in [-0.3, -0.25) is 0 Å². The molecule has 2 aromatic rings. The molecule has 0 unspecified atom stereocenters. The largest absolute Gasteiger partial charge is 0.308 e. The summed E-state index contributed by atoms with van der Waals surface area (Å²) >= 11 is 13.3. The van der Waals surface area contributed by atoms with Gasteiger partial charge < -0.3 is 5.32 Å². The maximum absolute atomic E-state index is 13.5. The summed E-state index contributed by atoms with van der Waals surface area (Å²) in [7, 11) is 0. The van der Waals surface area contributed by atoms with Gasteiger partial charge in [0.05, 0.1) is 15.7 Å². The van der Waals surface area contributed by atoms with Gasteiger partial charge in [-0.2, -0.15) is 0 Å². The van der Waals surface area contributed by atoms with Gasteiger partial charge in [0.15, 0.2) is 0 Å². The molecule has 0 radical (unpaired) electrons. The Balaban J connectivity index is 2.25. The fourth-order valence-corrected chi connectivity index (χ4v) is 2.75. The van der Waals surface area contributed by atoms with E-state index >= 15 is 0 Å². The van der Waals surface area contributed by atoms with Crippen LogP contribution in [0.25, 0.3) is 11.3 Å². The number of hydrogen-bond donors (Lipinski definition) is 1. The van der Waals surface area contributed by atoms with Crippen LogP contribution in [0.2, 0.25) is 10.0 Å². The van der Waals surface area contributed by atoms with E-state index in [0.29, 0.717) is 28.9 Å². The lowest BCUT2D eigenvalue weighted by atomic mass is 10.2. The van der Waals surface area contributed by atoms with Crippen molar-refractivity contribution >= 4 is 34.5 Å². The number of rotatable bonds is 4. The van der Waals surface area contributed by atoms with Crippen molar-refractivity contribution in [3.05, 3.63) is 38.4 Å². The molecule has 0 saturated heterocycles. The monoisotopic (exact) mass is 318 g/mol. The highest BCUT2D eigenvalue weighted by molar-refractivity contribution is 7.09.